The van der Waals surface area contributed by atoms with Crippen LogP contribution >= 0.6 is 11.3 Å². The first-order valence-corrected chi connectivity index (χ1v) is 8.67. The first-order chi connectivity index (χ1) is 9.21. The molecule has 5 nitrogen and oxygen atoms in total. The van der Waals surface area contributed by atoms with E-state index >= 15 is 0 Å². The molecular weight excluding hydrogens is 298 g/mol. The number of ether oxygens (including phenoxy) is 1. The maximum absolute atomic E-state index is 12.6. The molecule has 1 rings (SSSR count). The van der Waals surface area contributed by atoms with Crippen LogP contribution in [0.25, 0.3) is 0 Å². The van der Waals surface area contributed by atoms with E-state index in [0.29, 0.717) is 5.92 Å². The van der Waals surface area contributed by atoms with Gasteiger partial charge >= 0.3 is 5.97 Å². The Morgan fingerprint density at radius 1 is 1.40 bits per heavy atom. The number of sulfonamides is 1. The second-order valence-electron chi connectivity index (χ2n) is 5.11. The van der Waals surface area contributed by atoms with Crippen LogP contribution in [0.15, 0.2) is 16.3 Å². The highest BCUT2D eigenvalue weighted by Gasteiger charge is 2.31. The Kier molecular flexibility index (Phi) is 5.73. The summed E-state index contributed by atoms with van der Waals surface area (Å²) >= 11 is 1.07. The molecule has 0 radical (unpaired) electrons. The minimum absolute atomic E-state index is 0.0208. The minimum atomic E-state index is -3.68. The molecule has 0 aliphatic rings. The summed E-state index contributed by atoms with van der Waals surface area (Å²) in [6.07, 6.45) is 0.757. The molecule has 1 aromatic heterocycles. The maximum Gasteiger partial charge on any atom is 0.349 e. The van der Waals surface area contributed by atoms with Crippen molar-refractivity contribution in [3.8, 4) is 0 Å². The van der Waals surface area contributed by atoms with Gasteiger partial charge in [0.2, 0.25) is 10.0 Å². The van der Waals surface area contributed by atoms with Gasteiger partial charge in [-0.2, -0.15) is 4.31 Å². The first-order valence-electron chi connectivity index (χ1n) is 6.35. The molecule has 0 saturated heterocycles. The molecule has 7 heteroatoms. The molecule has 0 aromatic carbocycles. The summed E-state index contributed by atoms with van der Waals surface area (Å²) in [6, 6.07) is 1.32. The Hall–Kier alpha value is -0.920. The molecule has 0 saturated carbocycles. The third kappa shape index (κ3) is 3.59. The predicted molar refractivity (Wildman–Crippen MR) is 79.5 cm³/mol. The standard InChI is InChI=1S/C13H21NO4S2/c1-9(2)8-10(3)14(4)20(16,17)11-6-7-19-12(11)13(15)18-5/h6-7,9-10H,8H2,1-5H3/t10-/m1/s1. The molecule has 0 unspecified atom stereocenters. The van der Waals surface area contributed by atoms with Crippen LogP contribution in [0, 0.1) is 5.92 Å². The van der Waals surface area contributed by atoms with E-state index < -0.39 is 16.0 Å². The van der Waals surface area contributed by atoms with Gasteiger partial charge < -0.3 is 4.74 Å². The van der Waals surface area contributed by atoms with Crippen molar-refractivity contribution in [2.45, 2.75) is 38.1 Å². The molecule has 0 bridgehead atoms. The third-order valence-corrected chi connectivity index (χ3v) is 6.13. The molecular formula is C13H21NO4S2. The average molecular weight is 319 g/mol. The van der Waals surface area contributed by atoms with Crippen LogP contribution in [0.1, 0.15) is 36.9 Å². The lowest BCUT2D eigenvalue weighted by Gasteiger charge is -2.25. The van der Waals surface area contributed by atoms with E-state index in [0.717, 1.165) is 17.8 Å². The zero-order valence-corrected chi connectivity index (χ0v) is 14.0. The molecule has 0 aliphatic heterocycles. The molecule has 1 heterocycles. The maximum atomic E-state index is 12.6. The number of hydrogen-bond acceptors (Lipinski definition) is 5. The first kappa shape index (κ1) is 17.1. The van der Waals surface area contributed by atoms with Crippen molar-refractivity contribution in [2.75, 3.05) is 14.2 Å². The number of methoxy groups -OCH3 is 1. The Balaban J connectivity index is 3.11. The van der Waals surface area contributed by atoms with E-state index in [9.17, 15) is 13.2 Å². The SMILES string of the molecule is COC(=O)c1sccc1S(=O)(=O)N(C)[C@H](C)CC(C)C. The van der Waals surface area contributed by atoms with Crippen molar-refractivity contribution < 1.29 is 17.9 Å². The van der Waals surface area contributed by atoms with Gasteiger partial charge in [-0.25, -0.2) is 13.2 Å². The summed E-state index contributed by atoms with van der Waals surface area (Å²) < 4.78 is 31.1. The van der Waals surface area contributed by atoms with Gasteiger partial charge in [-0.05, 0) is 30.7 Å². The summed E-state index contributed by atoms with van der Waals surface area (Å²) in [4.78, 5) is 11.8. The molecule has 0 fully saturated rings. The summed E-state index contributed by atoms with van der Waals surface area (Å²) in [5.74, 6) is -0.228. The topological polar surface area (TPSA) is 63.7 Å². The Morgan fingerprint density at radius 3 is 2.50 bits per heavy atom. The van der Waals surface area contributed by atoms with E-state index in [1.54, 1.807) is 12.4 Å². The van der Waals surface area contributed by atoms with Crippen molar-refractivity contribution in [3.63, 3.8) is 0 Å². The molecule has 20 heavy (non-hydrogen) atoms. The lowest BCUT2D eigenvalue weighted by Crippen LogP contribution is -2.36. The van der Waals surface area contributed by atoms with E-state index in [-0.39, 0.29) is 15.8 Å². The van der Waals surface area contributed by atoms with E-state index in [4.69, 9.17) is 0 Å². The molecule has 0 spiro atoms. The van der Waals surface area contributed by atoms with Gasteiger partial charge in [0.25, 0.3) is 0 Å². The van der Waals surface area contributed by atoms with Gasteiger partial charge in [-0.15, -0.1) is 11.3 Å². The Bertz CT molecular complexity index is 563. The van der Waals surface area contributed by atoms with Crippen LogP contribution in [0.5, 0.6) is 0 Å². The smallest absolute Gasteiger partial charge is 0.349 e. The summed E-state index contributed by atoms with van der Waals surface area (Å²) in [5.41, 5.74) is 0. The zero-order chi connectivity index (χ0) is 15.5. The van der Waals surface area contributed by atoms with Crippen molar-refractivity contribution in [1.82, 2.24) is 4.31 Å². The minimum Gasteiger partial charge on any atom is -0.465 e. The Morgan fingerprint density at radius 2 is 2.00 bits per heavy atom. The third-order valence-electron chi connectivity index (χ3n) is 3.09. The largest absolute Gasteiger partial charge is 0.465 e. The van der Waals surface area contributed by atoms with E-state index in [2.05, 4.69) is 4.74 Å². The molecule has 0 aliphatic carbocycles. The van der Waals surface area contributed by atoms with Crippen LogP contribution in [0.4, 0.5) is 0 Å². The van der Waals surface area contributed by atoms with Crippen LogP contribution in [0.2, 0.25) is 0 Å². The quantitative estimate of drug-likeness (QED) is 0.756. The number of thiophene rings is 1. The summed E-state index contributed by atoms with van der Waals surface area (Å²) in [6.45, 7) is 5.95. The number of hydrogen-bond donors (Lipinski definition) is 0. The highest BCUT2D eigenvalue weighted by molar-refractivity contribution is 7.89. The molecule has 114 valence electrons. The fraction of sp³-hybridized carbons (Fsp3) is 0.615. The number of nitrogens with zero attached hydrogens (tertiary/aromatic N) is 1. The molecule has 0 amide bonds. The van der Waals surface area contributed by atoms with Gasteiger partial charge in [0.1, 0.15) is 9.77 Å². The number of rotatable bonds is 6. The average Bonchev–Trinajstić information content (AvgIpc) is 2.85. The van der Waals surface area contributed by atoms with E-state index in [1.165, 1.54) is 17.5 Å². The predicted octanol–water partition coefficient (Wildman–Crippen LogP) is 2.59. The van der Waals surface area contributed by atoms with Crippen LogP contribution in [-0.4, -0.2) is 38.9 Å². The molecule has 0 N–H and O–H groups in total. The van der Waals surface area contributed by atoms with Gasteiger partial charge in [0.05, 0.1) is 7.11 Å². The van der Waals surface area contributed by atoms with Crippen molar-refractivity contribution in [1.29, 1.82) is 0 Å². The highest BCUT2D eigenvalue weighted by Crippen LogP contribution is 2.27. The number of carbonyl (C=O) groups is 1. The van der Waals surface area contributed by atoms with Crippen molar-refractivity contribution in [3.05, 3.63) is 16.3 Å². The lowest BCUT2D eigenvalue weighted by molar-refractivity contribution is 0.0602. The highest BCUT2D eigenvalue weighted by atomic mass is 32.2. The van der Waals surface area contributed by atoms with Gasteiger partial charge in [0.15, 0.2) is 0 Å². The van der Waals surface area contributed by atoms with Crippen LogP contribution in [-0.2, 0) is 14.8 Å². The summed E-state index contributed by atoms with van der Waals surface area (Å²) in [7, 11) is -0.901. The second-order valence-corrected chi connectivity index (χ2v) is 7.99. The molecule has 1 aromatic rings. The van der Waals surface area contributed by atoms with Crippen molar-refractivity contribution >= 4 is 27.3 Å². The van der Waals surface area contributed by atoms with Gasteiger partial charge in [-0.1, -0.05) is 13.8 Å². The normalized spacial score (nSPS) is 13.8. The Labute approximate surface area is 124 Å². The van der Waals surface area contributed by atoms with Crippen molar-refractivity contribution in [2.24, 2.45) is 5.92 Å². The fourth-order valence-electron chi connectivity index (χ4n) is 1.96. The fourth-order valence-corrected chi connectivity index (χ4v) is 4.64. The van der Waals surface area contributed by atoms with Gasteiger partial charge in [-0.3, -0.25) is 0 Å². The second kappa shape index (κ2) is 6.69. The summed E-state index contributed by atoms with van der Waals surface area (Å²) in [5, 5.41) is 1.58. The van der Waals surface area contributed by atoms with Crippen LogP contribution < -0.4 is 0 Å². The number of esters is 1. The van der Waals surface area contributed by atoms with Crippen LogP contribution in [0.3, 0.4) is 0 Å². The lowest BCUT2D eigenvalue weighted by atomic mass is 10.1. The molecule has 1 atom stereocenters. The van der Waals surface area contributed by atoms with Gasteiger partial charge in [0, 0.05) is 13.1 Å². The van der Waals surface area contributed by atoms with E-state index in [1.807, 2.05) is 20.8 Å². The zero-order valence-electron chi connectivity index (χ0n) is 12.4. The monoisotopic (exact) mass is 319 g/mol. The number of carbonyl (C=O) groups excluding carboxylic acids is 1.